The average Bonchev–Trinajstić information content (AvgIpc) is 2.87. The van der Waals surface area contributed by atoms with Crippen LogP contribution >= 0.6 is 11.3 Å². The molecule has 5 nitrogen and oxygen atoms in total. The van der Waals surface area contributed by atoms with Gasteiger partial charge in [0.05, 0.1) is 11.5 Å². The SMILES string of the molecule is NCc1sccc1S(=O)(=O)NCC1CCCOC1. The van der Waals surface area contributed by atoms with Crippen LogP contribution in [0.1, 0.15) is 17.7 Å². The Kier molecular flexibility index (Phi) is 4.74. The van der Waals surface area contributed by atoms with Crippen molar-refractivity contribution in [2.24, 2.45) is 11.7 Å². The summed E-state index contributed by atoms with van der Waals surface area (Å²) in [4.78, 5) is 1.01. The highest BCUT2D eigenvalue weighted by molar-refractivity contribution is 7.89. The molecule has 102 valence electrons. The van der Waals surface area contributed by atoms with E-state index < -0.39 is 10.0 Å². The molecule has 1 unspecified atom stereocenters. The number of nitrogens with one attached hydrogen (secondary N) is 1. The van der Waals surface area contributed by atoms with Crippen LogP contribution in [0.15, 0.2) is 16.3 Å². The maximum Gasteiger partial charge on any atom is 0.241 e. The van der Waals surface area contributed by atoms with E-state index in [1.807, 2.05) is 0 Å². The molecule has 0 bridgehead atoms. The molecule has 0 spiro atoms. The Bertz CT molecular complexity index is 478. The first-order valence-electron chi connectivity index (χ1n) is 5.97. The Morgan fingerprint density at radius 1 is 1.56 bits per heavy atom. The van der Waals surface area contributed by atoms with Crippen LogP contribution in [0, 0.1) is 5.92 Å². The number of sulfonamides is 1. The molecular weight excluding hydrogens is 272 g/mol. The summed E-state index contributed by atoms with van der Waals surface area (Å²) in [5.74, 6) is 0.272. The lowest BCUT2D eigenvalue weighted by atomic mass is 10.0. The van der Waals surface area contributed by atoms with Gasteiger partial charge in [-0.25, -0.2) is 13.1 Å². The van der Waals surface area contributed by atoms with Crippen molar-refractivity contribution < 1.29 is 13.2 Å². The summed E-state index contributed by atoms with van der Waals surface area (Å²) in [5.41, 5.74) is 5.53. The van der Waals surface area contributed by atoms with Crippen LogP contribution in [0.3, 0.4) is 0 Å². The Morgan fingerprint density at radius 3 is 3.06 bits per heavy atom. The van der Waals surface area contributed by atoms with Crippen molar-refractivity contribution in [1.29, 1.82) is 0 Å². The van der Waals surface area contributed by atoms with Gasteiger partial charge in [-0.05, 0) is 30.2 Å². The lowest BCUT2D eigenvalue weighted by Crippen LogP contribution is -2.33. The minimum atomic E-state index is -3.43. The normalized spacial score (nSPS) is 21.1. The number of nitrogens with two attached hydrogens (primary N) is 1. The van der Waals surface area contributed by atoms with Gasteiger partial charge < -0.3 is 10.5 Å². The van der Waals surface area contributed by atoms with Crippen molar-refractivity contribution in [3.8, 4) is 0 Å². The Hall–Kier alpha value is -0.470. The zero-order chi connectivity index (χ0) is 13.0. The van der Waals surface area contributed by atoms with Crippen LogP contribution in [0.2, 0.25) is 0 Å². The van der Waals surface area contributed by atoms with E-state index in [4.69, 9.17) is 10.5 Å². The molecule has 7 heteroatoms. The maximum atomic E-state index is 12.1. The molecule has 0 aliphatic carbocycles. The molecule has 0 amide bonds. The third-order valence-corrected chi connectivity index (χ3v) is 5.58. The predicted octanol–water partition coefficient (Wildman–Crippen LogP) is 0.912. The number of thiophene rings is 1. The maximum absolute atomic E-state index is 12.1. The van der Waals surface area contributed by atoms with Gasteiger partial charge in [-0.15, -0.1) is 11.3 Å². The summed E-state index contributed by atoms with van der Waals surface area (Å²) in [6, 6.07) is 1.60. The summed E-state index contributed by atoms with van der Waals surface area (Å²) in [7, 11) is -3.43. The molecule has 0 aromatic carbocycles. The Balaban J connectivity index is 1.99. The van der Waals surface area contributed by atoms with Crippen molar-refractivity contribution in [3.63, 3.8) is 0 Å². The molecule has 1 aliphatic rings. The quantitative estimate of drug-likeness (QED) is 0.844. The second-order valence-electron chi connectivity index (χ2n) is 4.35. The molecule has 1 saturated heterocycles. The number of hydrogen-bond acceptors (Lipinski definition) is 5. The summed E-state index contributed by atoms with van der Waals surface area (Å²) in [6.07, 6.45) is 2.01. The fraction of sp³-hybridized carbons (Fsp3) is 0.636. The minimum absolute atomic E-state index is 0.250. The van der Waals surface area contributed by atoms with Gasteiger partial charge >= 0.3 is 0 Å². The largest absolute Gasteiger partial charge is 0.381 e. The predicted molar refractivity (Wildman–Crippen MR) is 70.9 cm³/mol. The molecule has 18 heavy (non-hydrogen) atoms. The van der Waals surface area contributed by atoms with Gasteiger partial charge in [0.25, 0.3) is 0 Å². The summed E-state index contributed by atoms with van der Waals surface area (Å²) in [6.45, 7) is 2.10. The third-order valence-electron chi connectivity index (χ3n) is 3.00. The molecule has 3 N–H and O–H groups in total. The molecule has 1 aromatic rings. The Labute approximate surface area is 111 Å². The van der Waals surface area contributed by atoms with Crippen molar-refractivity contribution in [1.82, 2.24) is 4.72 Å². The van der Waals surface area contributed by atoms with E-state index in [1.54, 1.807) is 11.4 Å². The first-order chi connectivity index (χ1) is 8.63. The molecule has 2 rings (SSSR count). The van der Waals surface area contributed by atoms with Crippen molar-refractivity contribution in [2.75, 3.05) is 19.8 Å². The smallest absolute Gasteiger partial charge is 0.241 e. The highest BCUT2D eigenvalue weighted by atomic mass is 32.2. The lowest BCUT2D eigenvalue weighted by molar-refractivity contribution is 0.0568. The van der Waals surface area contributed by atoms with Gasteiger partial charge in [0.2, 0.25) is 10.0 Å². The number of rotatable bonds is 5. The van der Waals surface area contributed by atoms with E-state index in [0.29, 0.717) is 22.9 Å². The third kappa shape index (κ3) is 3.30. The minimum Gasteiger partial charge on any atom is -0.381 e. The van der Waals surface area contributed by atoms with Crippen LogP contribution in [-0.2, 0) is 21.3 Å². The zero-order valence-corrected chi connectivity index (χ0v) is 11.7. The van der Waals surface area contributed by atoms with Crippen LogP contribution in [-0.4, -0.2) is 28.2 Å². The van der Waals surface area contributed by atoms with Crippen LogP contribution in [0.25, 0.3) is 0 Å². The molecule has 1 atom stereocenters. The molecule has 2 heterocycles. The molecule has 1 fully saturated rings. The molecule has 1 aliphatic heterocycles. The van der Waals surface area contributed by atoms with Crippen LogP contribution < -0.4 is 10.5 Å². The van der Waals surface area contributed by atoms with Crippen molar-refractivity contribution >= 4 is 21.4 Å². The average molecular weight is 290 g/mol. The van der Waals surface area contributed by atoms with Gasteiger partial charge in [0.1, 0.15) is 0 Å². The van der Waals surface area contributed by atoms with Gasteiger partial charge in [-0.3, -0.25) is 0 Å². The molecular formula is C11H18N2O3S2. The van der Waals surface area contributed by atoms with E-state index in [9.17, 15) is 8.42 Å². The standard InChI is InChI=1S/C11H18N2O3S2/c12-6-10-11(3-5-17-10)18(14,15)13-7-9-2-1-4-16-8-9/h3,5,9,13H,1-2,4,6-8,12H2. The number of ether oxygens (including phenoxy) is 1. The van der Waals surface area contributed by atoms with Gasteiger partial charge in [-0.2, -0.15) is 0 Å². The molecule has 0 radical (unpaired) electrons. The van der Waals surface area contributed by atoms with Gasteiger partial charge in [-0.1, -0.05) is 0 Å². The fourth-order valence-corrected chi connectivity index (χ4v) is 4.44. The first-order valence-corrected chi connectivity index (χ1v) is 8.33. The summed E-state index contributed by atoms with van der Waals surface area (Å²) < 4.78 is 32.2. The molecule has 1 aromatic heterocycles. The number of hydrogen-bond donors (Lipinski definition) is 2. The topological polar surface area (TPSA) is 81.4 Å². The van der Waals surface area contributed by atoms with Crippen LogP contribution in [0.5, 0.6) is 0 Å². The van der Waals surface area contributed by atoms with Crippen molar-refractivity contribution in [2.45, 2.75) is 24.3 Å². The van der Waals surface area contributed by atoms with E-state index in [1.165, 1.54) is 11.3 Å². The zero-order valence-electron chi connectivity index (χ0n) is 10.1. The van der Waals surface area contributed by atoms with E-state index >= 15 is 0 Å². The van der Waals surface area contributed by atoms with Crippen molar-refractivity contribution in [3.05, 3.63) is 16.3 Å². The first kappa shape index (κ1) is 14.0. The lowest BCUT2D eigenvalue weighted by Gasteiger charge is -2.22. The van der Waals surface area contributed by atoms with Gasteiger partial charge in [0.15, 0.2) is 0 Å². The highest BCUT2D eigenvalue weighted by Gasteiger charge is 2.21. The fourth-order valence-electron chi connectivity index (χ4n) is 1.99. The van der Waals surface area contributed by atoms with Crippen LogP contribution in [0.4, 0.5) is 0 Å². The van der Waals surface area contributed by atoms with E-state index in [0.717, 1.165) is 19.4 Å². The van der Waals surface area contributed by atoms with E-state index in [2.05, 4.69) is 4.72 Å². The summed E-state index contributed by atoms with van der Waals surface area (Å²) in [5, 5.41) is 1.75. The highest BCUT2D eigenvalue weighted by Crippen LogP contribution is 2.21. The second kappa shape index (κ2) is 6.12. The van der Waals surface area contributed by atoms with Gasteiger partial charge in [0, 0.05) is 24.6 Å². The summed E-state index contributed by atoms with van der Waals surface area (Å²) >= 11 is 1.37. The van der Waals surface area contributed by atoms with E-state index in [-0.39, 0.29) is 12.5 Å². The molecule has 0 saturated carbocycles. The Morgan fingerprint density at radius 2 is 2.39 bits per heavy atom. The second-order valence-corrected chi connectivity index (χ2v) is 7.08. The monoisotopic (exact) mass is 290 g/mol.